The van der Waals surface area contributed by atoms with E-state index in [9.17, 15) is 9.90 Å². The van der Waals surface area contributed by atoms with Crippen molar-refractivity contribution in [2.45, 2.75) is 25.8 Å². The molecule has 0 aliphatic rings. The number of hydrogen-bond donors (Lipinski definition) is 4. The first-order chi connectivity index (χ1) is 8.04. The zero-order valence-corrected chi connectivity index (χ0v) is 9.68. The molecule has 5 heteroatoms. The van der Waals surface area contributed by atoms with Crippen LogP contribution < -0.4 is 5.32 Å². The van der Waals surface area contributed by atoms with Crippen molar-refractivity contribution in [2.75, 3.05) is 6.61 Å². The second kappa shape index (κ2) is 6.10. The van der Waals surface area contributed by atoms with Crippen LogP contribution in [0.15, 0.2) is 18.2 Å². The monoisotopic (exact) mass is 239 g/mol. The van der Waals surface area contributed by atoms with Crippen LogP contribution >= 0.6 is 0 Å². The van der Waals surface area contributed by atoms with Crippen LogP contribution in [0.1, 0.15) is 30.1 Å². The zero-order valence-electron chi connectivity index (χ0n) is 9.68. The molecule has 0 radical (unpaired) electrons. The number of phenols is 2. The SMILES string of the molecule is CC(CCCO)NC(=O)c1ccc(O)c(O)c1. The average Bonchev–Trinajstić information content (AvgIpc) is 2.30. The highest BCUT2D eigenvalue weighted by Crippen LogP contribution is 2.24. The minimum Gasteiger partial charge on any atom is -0.504 e. The average molecular weight is 239 g/mol. The lowest BCUT2D eigenvalue weighted by Crippen LogP contribution is -2.32. The fourth-order valence-electron chi connectivity index (χ4n) is 1.44. The molecule has 1 aromatic carbocycles. The van der Waals surface area contributed by atoms with Gasteiger partial charge in [-0.1, -0.05) is 0 Å². The standard InChI is InChI=1S/C12H17NO4/c1-8(3-2-6-14)13-12(17)9-4-5-10(15)11(16)7-9/h4-5,7-8,14-16H,2-3,6H2,1H3,(H,13,17). The lowest BCUT2D eigenvalue weighted by Gasteiger charge is -2.13. The molecule has 0 saturated carbocycles. The second-order valence-electron chi connectivity index (χ2n) is 3.94. The number of aromatic hydroxyl groups is 2. The van der Waals surface area contributed by atoms with Crippen LogP contribution in [0.2, 0.25) is 0 Å². The normalized spacial score (nSPS) is 12.1. The maximum atomic E-state index is 11.7. The molecule has 4 N–H and O–H groups in total. The Morgan fingerprint density at radius 2 is 2.06 bits per heavy atom. The molecule has 1 aromatic rings. The molecule has 0 bridgehead atoms. The molecule has 0 aliphatic carbocycles. The fraction of sp³-hybridized carbons (Fsp3) is 0.417. The minimum atomic E-state index is -0.319. The molecular formula is C12H17NO4. The summed E-state index contributed by atoms with van der Waals surface area (Å²) in [5, 5.41) is 29.8. The van der Waals surface area contributed by atoms with Gasteiger partial charge >= 0.3 is 0 Å². The molecule has 5 nitrogen and oxygen atoms in total. The zero-order chi connectivity index (χ0) is 12.8. The van der Waals surface area contributed by atoms with Crippen molar-refractivity contribution in [3.05, 3.63) is 23.8 Å². The fourth-order valence-corrected chi connectivity index (χ4v) is 1.44. The van der Waals surface area contributed by atoms with E-state index < -0.39 is 0 Å². The number of amides is 1. The highest BCUT2D eigenvalue weighted by molar-refractivity contribution is 5.95. The first kappa shape index (κ1) is 13.3. The number of rotatable bonds is 5. The number of carbonyl (C=O) groups excluding carboxylic acids is 1. The van der Waals surface area contributed by atoms with E-state index in [0.29, 0.717) is 12.8 Å². The van der Waals surface area contributed by atoms with Crippen LogP contribution in [0.25, 0.3) is 0 Å². The molecule has 1 atom stereocenters. The topological polar surface area (TPSA) is 89.8 Å². The first-order valence-electron chi connectivity index (χ1n) is 5.48. The Kier molecular flexibility index (Phi) is 4.78. The molecule has 1 unspecified atom stereocenters. The van der Waals surface area contributed by atoms with E-state index in [1.807, 2.05) is 6.92 Å². The van der Waals surface area contributed by atoms with Gasteiger partial charge < -0.3 is 20.6 Å². The van der Waals surface area contributed by atoms with Gasteiger partial charge in [0.2, 0.25) is 0 Å². The van der Waals surface area contributed by atoms with Gasteiger partial charge in [-0.25, -0.2) is 0 Å². The Morgan fingerprint density at radius 3 is 2.65 bits per heavy atom. The molecular weight excluding hydrogens is 222 g/mol. The summed E-state index contributed by atoms with van der Waals surface area (Å²) in [5.74, 6) is -0.888. The van der Waals surface area contributed by atoms with Crippen molar-refractivity contribution < 1.29 is 20.1 Å². The summed E-state index contributed by atoms with van der Waals surface area (Å²) in [4.78, 5) is 11.7. The van der Waals surface area contributed by atoms with E-state index in [1.165, 1.54) is 18.2 Å². The first-order valence-corrected chi connectivity index (χ1v) is 5.48. The lowest BCUT2D eigenvalue weighted by molar-refractivity contribution is 0.0936. The van der Waals surface area contributed by atoms with Gasteiger partial charge in [-0.05, 0) is 38.0 Å². The van der Waals surface area contributed by atoms with Gasteiger partial charge in [0.05, 0.1) is 0 Å². The Bertz CT molecular complexity index is 392. The summed E-state index contributed by atoms with van der Waals surface area (Å²) < 4.78 is 0. The summed E-state index contributed by atoms with van der Waals surface area (Å²) in [7, 11) is 0. The number of nitrogens with one attached hydrogen (secondary N) is 1. The van der Waals surface area contributed by atoms with E-state index in [0.717, 1.165) is 0 Å². The molecule has 17 heavy (non-hydrogen) atoms. The molecule has 0 saturated heterocycles. The van der Waals surface area contributed by atoms with Crippen molar-refractivity contribution in [3.63, 3.8) is 0 Å². The molecule has 0 fully saturated rings. The largest absolute Gasteiger partial charge is 0.504 e. The molecule has 1 rings (SSSR count). The smallest absolute Gasteiger partial charge is 0.251 e. The van der Waals surface area contributed by atoms with Crippen molar-refractivity contribution in [1.29, 1.82) is 0 Å². The lowest BCUT2D eigenvalue weighted by atomic mass is 10.1. The van der Waals surface area contributed by atoms with Gasteiger partial charge in [-0.3, -0.25) is 4.79 Å². The van der Waals surface area contributed by atoms with Crippen LogP contribution in [0.4, 0.5) is 0 Å². The van der Waals surface area contributed by atoms with E-state index >= 15 is 0 Å². The number of carbonyl (C=O) groups is 1. The van der Waals surface area contributed by atoms with Crippen molar-refractivity contribution in [3.8, 4) is 11.5 Å². The third-order valence-corrected chi connectivity index (χ3v) is 2.41. The molecule has 94 valence electrons. The van der Waals surface area contributed by atoms with Crippen LogP contribution in [-0.2, 0) is 0 Å². The molecule has 0 heterocycles. The summed E-state index contributed by atoms with van der Waals surface area (Å²) in [5.41, 5.74) is 0.288. The number of phenolic OH excluding ortho intramolecular Hbond substituents is 2. The van der Waals surface area contributed by atoms with Gasteiger partial charge in [0.25, 0.3) is 5.91 Å². The number of aliphatic hydroxyl groups excluding tert-OH is 1. The maximum Gasteiger partial charge on any atom is 0.251 e. The van der Waals surface area contributed by atoms with Crippen LogP contribution in [0, 0.1) is 0 Å². The number of benzene rings is 1. The maximum absolute atomic E-state index is 11.7. The minimum absolute atomic E-state index is 0.0504. The van der Waals surface area contributed by atoms with Gasteiger partial charge in [-0.15, -0.1) is 0 Å². The quantitative estimate of drug-likeness (QED) is 0.577. The van der Waals surface area contributed by atoms with Crippen LogP contribution in [-0.4, -0.2) is 33.9 Å². The van der Waals surface area contributed by atoms with Gasteiger partial charge in [0.15, 0.2) is 11.5 Å². The molecule has 1 amide bonds. The predicted molar refractivity (Wildman–Crippen MR) is 63.0 cm³/mol. The van der Waals surface area contributed by atoms with Gasteiger partial charge in [-0.2, -0.15) is 0 Å². The van der Waals surface area contributed by atoms with Crippen molar-refractivity contribution in [2.24, 2.45) is 0 Å². The predicted octanol–water partition coefficient (Wildman–Crippen LogP) is 0.989. The molecule has 0 spiro atoms. The van der Waals surface area contributed by atoms with Crippen LogP contribution in [0.5, 0.6) is 11.5 Å². The second-order valence-corrected chi connectivity index (χ2v) is 3.94. The van der Waals surface area contributed by atoms with E-state index in [1.54, 1.807) is 0 Å². The highest BCUT2D eigenvalue weighted by atomic mass is 16.3. The van der Waals surface area contributed by atoms with Crippen molar-refractivity contribution in [1.82, 2.24) is 5.32 Å². The van der Waals surface area contributed by atoms with Gasteiger partial charge in [0.1, 0.15) is 0 Å². The van der Waals surface area contributed by atoms with Gasteiger partial charge in [0, 0.05) is 18.2 Å². The summed E-state index contributed by atoms with van der Waals surface area (Å²) in [6.07, 6.45) is 1.31. The Labute approximate surface area is 99.7 Å². The highest BCUT2D eigenvalue weighted by Gasteiger charge is 2.11. The Morgan fingerprint density at radius 1 is 1.35 bits per heavy atom. The van der Waals surface area contributed by atoms with Crippen molar-refractivity contribution >= 4 is 5.91 Å². The third kappa shape index (κ3) is 3.96. The van der Waals surface area contributed by atoms with E-state index in [4.69, 9.17) is 10.2 Å². The summed E-state index contributed by atoms with van der Waals surface area (Å²) in [6, 6.07) is 3.86. The molecule has 0 aromatic heterocycles. The summed E-state index contributed by atoms with van der Waals surface area (Å²) >= 11 is 0. The van der Waals surface area contributed by atoms with E-state index in [2.05, 4.69) is 5.32 Å². The van der Waals surface area contributed by atoms with Crippen LogP contribution in [0.3, 0.4) is 0 Å². The number of aliphatic hydroxyl groups is 1. The Hall–Kier alpha value is -1.75. The number of hydrogen-bond acceptors (Lipinski definition) is 4. The Balaban J connectivity index is 2.60. The summed E-state index contributed by atoms with van der Waals surface area (Å²) in [6.45, 7) is 1.94. The third-order valence-electron chi connectivity index (χ3n) is 2.41. The van der Waals surface area contributed by atoms with E-state index in [-0.39, 0.29) is 35.6 Å². The molecule has 0 aliphatic heterocycles.